The van der Waals surface area contributed by atoms with Crippen LogP contribution in [0.4, 0.5) is 0 Å². The van der Waals surface area contributed by atoms with Gasteiger partial charge in [0, 0.05) is 42.9 Å². The lowest BCUT2D eigenvalue weighted by Crippen LogP contribution is -2.58. The van der Waals surface area contributed by atoms with E-state index in [1.54, 1.807) is 26.4 Å². The number of piperidine rings is 1. The van der Waals surface area contributed by atoms with Crippen molar-refractivity contribution in [2.24, 2.45) is 17.8 Å². The Labute approximate surface area is 268 Å². The number of esters is 2. The summed E-state index contributed by atoms with van der Waals surface area (Å²) < 4.78 is 39.1. The second kappa shape index (κ2) is 13.4. The topological polar surface area (TPSA) is 118 Å². The van der Waals surface area contributed by atoms with Crippen molar-refractivity contribution in [3.8, 4) is 23.0 Å². The van der Waals surface area contributed by atoms with E-state index >= 15 is 0 Å². The largest absolute Gasteiger partial charge is 0.497 e. The molecule has 244 valence electrons. The Kier molecular flexibility index (Phi) is 9.71. The molecule has 11 nitrogen and oxygen atoms in total. The summed E-state index contributed by atoms with van der Waals surface area (Å²) in [6, 6.07) is 9.40. The Morgan fingerprint density at radius 2 is 1.64 bits per heavy atom. The van der Waals surface area contributed by atoms with Gasteiger partial charge in [0.25, 0.3) is 0 Å². The minimum absolute atomic E-state index is 0. The summed E-state index contributed by atoms with van der Waals surface area (Å²) in [4.78, 5) is 33.1. The summed E-state index contributed by atoms with van der Waals surface area (Å²) in [5.74, 6) is 0.441. The van der Waals surface area contributed by atoms with E-state index in [1.165, 1.54) is 45.1 Å². The first-order valence-corrected chi connectivity index (χ1v) is 14.9. The van der Waals surface area contributed by atoms with Gasteiger partial charge in [-0.15, -0.1) is 12.4 Å². The van der Waals surface area contributed by atoms with Crippen molar-refractivity contribution in [2.75, 3.05) is 55.7 Å². The van der Waals surface area contributed by atoms with Crippen LogP contribution in [0.25, 0.3) is 10.9 Å². The van der Waals surface area contributed by atoms with Crippen LogP contribution in [0.1, 0.15) is 40.5 Å². The van der Waals surface area contributed by atoms with Crippen LogP contribution >= 0.6 is 12.4 Å². The fourth-order valence-electron chi connectivity index (χ4n) is 7.76. The van der Waals surface area contributed by atoms with Gasteiger partial charge in [-0.05, 0) is 60.9 Å². The van der Waals surface area contributed by atoms with Gasteiger partial charge >= 0.3 is 11.9 Å². The third-order valence-electron chi connectivity index (χ3n) is 9.76. The second-order valence-electron chi connectivity index (χ2n) is 11.7. The van der Waals surface area contributed by atoms with Crippen molar-refractivity contribution in [1.29, 1.82) is 0 Å². The number of carbonyl (C=O) groups is 2. The van der Waals surface area contributed by atoms with Gasteiger partial charge < -0.3 is 38.1 Å². The number of fused-ring (bicyclic) bond motifs is 6. The first kappa shape index (κ1) is 32.7. The lowest BCUT2D eigenvalue weighted by molar-refractivity contribution is -0.176. The number of nitrogens with one attached hydrogen (secondary N) is 1. The zero-order chi connectivity index (χ0) is 31.1. The summed E-state index contributed by atoms with van der Waals surface area (Å²) in [5, 5.41) is 1.21. The molecule has 6 unspecified atom stereocenters. The maximum atomic E-state index is 13.5. The lowest BCUT2D eigenvalue weighted by Gasteiger charge is -2.52. The van der Waals surface area contributed by atoms with Crippen LogP contribution in [0.2, 0.25) is 0 Å². The van der Waals surface area contributed by atoms with Gasteiger partial charge in [-0.25, -0.2) is 4.79 Å². The van der Waals surface area contributed by atoms with Crippen molar-refractivity contribution in [3.05, 3.63) is 47.2 Å². The van der Waals surface area contributed by atoms with Crippen molar-refractivity contribution in [1.82, 2.24) is 9.88 Å². The van der Waals surface area contributed by atoms with Crippen LogP contribution in [-0.2, 0) is 25.4 Å². The molecule has 6 atom stereocenters. The smallest absolute Gasteiger partial charge is 0.338 e. The molecular weight excluding hydrogens is 604 g/mol. The lowest BCUT2D eigenvalue weighted by atomic mass is 9.63. The minimum atomic E-state index is -0.670. The predicted molar refractivity (Wildman–Crippen MR) is 168 cm³/mol. The molecule has 2 aliphatic heterocycles. The van der Waals surface area contributed by atoms with E-state index in [-0.39, 0.29) is 41.8 Å². The molecule has 2 aromatic carbocycles. The molecule has 0 radical (unpaired) electrons. The first-order chi connectivity index (χ1) is 21.3. The van der Waals surface area contributed by atoms with Crippen LogP contribution in [0, 0.1) is 17.8 Å². The van der Waals surface area contributed by atoms with Gasteiger partial charge in [0.2, 0.25) is 5.75 Å². The zero-order valence-corrected chi connectivity index (χ0v) is 27.2. The molecule has 0 amide bonds. The third-order valence-corrected chi connectivity index (χ3v) is 9.76. The fourth-order valence-corrected chi connectivity index (χ4v) is 7.76. The summed E-state index contributed by atoms with van der Waals surface area (Å²) in [7, 11) is 9.10. The molecular formula is C33H41ClN2O9. The van der Waals surface area contributed by atoms with E-state index in [0.29, 0.717) is 23.7 Å². The van der Waals surface area contributed by atoms with Crippen LogP contribution in [0.15, 0.2) is 30.3 Å². The number of benzene rings is 2. The van der Waals surface area contributed by atoms with E-state index < -0.39 is 24.1 Å². The maximum absolute atomic E-state index is 13.5. The number of ether oxygens (including phenoxy) is 7. The number of aromatic amines is 1. The number of nitrogens with zero attached hydrogens (tertiary/aromatic N) is 1. The standard InChI is InChI=1S/C33H40N2O9.ClH/c1-38-19-7-8-20-21-9-10-35-16-18-13-27(44-32(36)17-11-25(39-2)30(41-4)26(12-17)40-3)31(42-5)28(33(37)43-6)22(18)15-24(35)29(21)34-23(20)14-19;/h7-8,11-12,14,18,22,24,27-28,31,34H,9-10,13,15-16H2,1-6H3;1H. The molecule has 1 saturated carbocycles. The molecule has 3 aromatic rings. The molecule has 0 bridgehead atoms. The average molecular weight is 645 g/mol. The van der Waals surface area contributed by atoms with Crippen LogP contribution in [-0.4, -0.2) is 89.8 Å². The highest BCUT2D eigenvalue weighted by Gasteiger charge is 2.54. The van der Waals surface area contributed by atoms with Gasteiger partial charge in [-0.1, -0.05) is 0 Å². The SMILES string of the molecule is COC(=O)C1C2CC3c4[nH]c5cc(OC)ccc5c4CCN3CC2CC(OC(=O)c2cc(OC)c(OC)c(OC)c2)C1OC.Cl. The highest BCUT2D eigenvalue weighted by atomic mass is 35.5. The van der Waals surface area contributed by atoms with E-state index in [4.69, 9.17) is 33.2 Å². The highest BCUT2D eigenvalue weighted by Crippen LogP contribution is 2.51. The minimum Gasteiger partial charge on any atom is -0.497 e. The summed E-state index contributed by atoms with van der Waals surface area (Å²) in [6.07, 6.45) is 0.920. The number of halogens is 1. The molecule has 0 spiro atoms. The number of methoxy groups -OCH3 is 6. The molecule has 6 rings (SSSR count). The molecule has 3 heterocycles. The van der Waals surface area contributed by atoms with Crippen molar-refractivity contribution in [3.63, 3.8) is 0 Å². The van der Waals surface area contributed by atoms with Gasteiger partial charge in [-0.3, -0.25) is 9.69 Å². The van der Waals surface area contributed by atoms with E-state index in [2.05, 4.69) is 16.0 Å². The highest BCUT2D eigenvalue weighted by molar-refractivity contribution is 5.91. The Hall–Kier alpha value is -3.67. The fraction of sp³-hybridized carbons (Fsp3) is 0.515. The molecule has 12 heteroatoms. The molecule has 1 N–H and O–H groups in total. The van der Waals surface area contributed by atoms with Gasteiger partial charge in [0.05, 0.1) is 53.1 Å². The maximum Gasteiger partial charge on any atom is 0.338 e. The number of hydrogen-bond acceptors (Lipinski definition) is 10. The number of hydrogen-bond donors (Lipinski definition) is 1. The normalized spacial score (nSPS) is 25.6. The molecule has 3 aliphatic rings. The Bertz CT molecular complexity index is 1530. The molecule has 1 saturated heterocycles. The van der Waals surface area contributed by atoms with Gasteiger partial charge in [0.15, 0.2) is 11.5 Å². The molecule has 2 fully saturated rings. The molecule has 1 aromatic heterocycles. The number of H-pyrrole nitrogens is 1. The van der Waals surface area contributed by atoms with Crippen molar-refractivity contribution in [2.45, 2.75) is 37.5 Å². The van der Waals surface area contributed by atoms with Crippen LogP contribution in [0.3, 0.4) is 0 Å². The van der Waals surface area contributed by atoms with Crippen molar-refractivity contribution < 1.29 is 42.7 Å². The Morgan fingerprint density at radius 3 is 2.27 bits per heavy atom. The van der Waals surface area contributed by atoms with Gasteiger partial charge in [0.1, 0.15) is 18.0 Å². The summed E-state index contributed by atoms with van der Waals surface area (Å²) in [6.45, 7) is 1.68. The number of rotatable bonds is 8. The quantitative estimate of drug-likeness (QED) is 0.349. The second-order valence-corrected chi connectivity index (χ2v) is 11.7. The third kappa shape index (κ3) is 5.66. The number of carbonyl (C=O) groups excluding carboxylic acids is 2. The van der Waals surface area contributed by atoms with Crippen LogP contribution in [0.5, 0.6) is 23.0 Å². The van der Waals surface area contributed by atoms with Gasteiger partial charge in [-0.2, -0.15) is 0 Å². The molecule has 45 heavy (non-hydrogen) atoms. The Balaban J connectivity index is 0.00000400. The number of aromatic nitrogens is 1. The average Bonchev–Trinajstić information content (AvgIpc) is 3.43. The molecule has 1 aliphatic carbocycles. The zero-order valence-electron chi connectivity index (χ0n) is 26.4. The monoisotopic (exact) mass is 644 g/mol. The van der Waals surface area contributed by atoms with E-state index in [9.17, 15) is 9.59 Å². The van der Waals surface area contributed by atoms with E-state index in [1.807, 2.05) is 12.1 Å². The van der Waals surface area contributed by atoms with Crippen LogP contribution < -0.4 is 18.9 Å². The first-order valence-electron chi connectivity index (χ1n) is 14.9. The van der Waals surface area contributed by atoms with E-state index in [0.717, 1.165) is 37.2 Å². The summed E-state index contributed by atoms with van der Waals surface area (Å²) >= 11 is 0. The summed E-state index contributed by atoms with van der Waals surface area (Å²) in [5.41, 5.74) is 3.83. The Morgan fingerprint density at radius 1 is 0.911 bits per heavy atom. The predicted octanol–water partition coefficient (Wildman–Crippen LogP) is 4.59. The van der Waals surface area contributed by atoms with Crippen molar-refractivity contribution >= 4 is 35.2 Å².